The Bertz CT molecular complexity index is 569. The summed E-state index contributed by atoms with van der Waals surface area (Å²) in [6, 6.07) is 7.86. The number of carbonyl (C=O) groups excluding carboxylic acids is 2. The van der Waals surface area contributed by atoms with Crippen LogP contribution in [0.4, 0.5) is 16.2 Å². The summed E-state index contributed by atoms with van der Waals surface area (Å²) in [5, 5.41) is 2.67. The van der Waals surface area contributed by atoms with E-state index in [9.17, 15) is 9.59 Å². The van der Waals surface area contributed by atoms with Gasteiger partial charge in [-0.1, -0.05) is 0 Å². The first kappa shape index (κ1) is 15.6. The summed E-state index contributed by atoms with van der Waals surface area (Å²) in [6.45, 7) is 5.46. The molecule has 1 atom stereocenters. The fourth-order valence-electron chi connectivity index (χ4n) is 2.76. The van der Waals surface area contributed by atoms with Crippen molar-refractivity contribution >= 4 is 23.4 Å². The van der Waals surface area contributed by atoms with Gasteiger partial charge in [-0.05, 0) is 24.3 Å². The van der Waals surface area contributed by atoms with Crippen molar-refractivity contribution in [1.29, 1.82) is 0 Å². The topological polar surface area (TPSA) is 71.1 Å². The molecule has 1 unspecified atom stereocenters. The van der Waals surface area contributed by atoms with Gasteiger partial charge < -0.3 is 19.7 Å². The van der Waals surface area contributed by atoms with E-state index in [2.05, 4.69) is 10.2 Å². The summed E-state index contributed by atoms with van der Waals surface area (Å²) in [5.74, 6) is -0.130. The first-order chi connectivity index (χ1) is 11.1. The molecule has 23 heavy (non-hydrogen) atoms. The zero-order valence-corrected chi connectivity index (χ0v) is 13.2. The van der Waals surface area contributed by atoms with Gasteiger partial charge in [0.1, 0.15) is 6.10 Å². The molecule has 1 N–H and O–H groups in total. The number of nitrogens with zero attached hydrogens (tertiary/aromatic N) is 2. The molecule has 2 aliphatic rings. The molecule has 2 aliphatic heterocycles. The molecule has 3 rings (SSSR count). The van der Waals surface area contributed by atoms with Gasteiger partial charge in [0.15, 0.2) is 0 Å². The maximum atomic E-state index is 12.0. The van der Waals surface area contributed by atoms with Crippen LogP contribution in [-0.2, 0) is 14.3 Å². The normalized spacial score (nSPS) is 21.3. The van der Waals surface area contributed by atoms with Crippen LogP contribution in [0.25, 0.3) is 0 Å². The third-order valence-electron chi connectivity index (χ3n) is 3.99. The van der Waals surface area contributed by atoms with Crippen LogP contribution in [0.5, 0.6) is 0 Å². The maximum absolute atomic E-state index is 12.0. The maximum Gasteiger partial charge on any atom is 0.414 e. The van der Waals surface area contributed by atoms with Gasteiger partial charge in [0.05, 0.1) is 26.3 Å². The molecule has 0 aliphatic carbocycles. The van der Waals surface area contributed by atoms with Gasteiger partial charge in [0.25, 0.3) is 0 Å². The van der Waals surface area contributed by atoms with Gasteiger partial charge in [0, 0.05) is 31.4 Å². The van der Waals surface area contributed by atoms with Crippen LogP contribution in [0.3, 0.4) is 0 Å². The molecule has 7 heteroatoms. The Kier molecular flexibility index (Phi) is 4.66. The number of anilines is 2. The number of nitrogens with one attached hydrogen (secondary N) is 1. The van der Waals surface area contributed by atoms with E-state index in [1.54, 1.807) is 4.90 Å². The average Bonchev–Trinajstić information content (AvgIpc) is 2.95. The molecular weight excluding hydrogens is 298 g/mol. The number of cyclic esters (lactones) is 1. The van der Waals surface area contributed by atoms with E-state index >= 15 is 0 Å². The summed E-state index contributed by atoms with van der Waals surface area (Å²) < 4.78 is 10.6. The predicted molar refractivity (Wildman–Crippen MR) is 85.8 cm³/mol. The monoisotopic (exact) mass is 319 g/mol. The molecule has 0 saturated carbocycles. The van der Waals surface area contributed by atoms with Gasteiger partial charge in [-0.15, -0.1) is 0 Å². The van der Waals surface area contributed by atoms with E-state index in [1.165, 1.54) is 6.92 Å². The summed E-state index contributed by atoms with van der Waals surface area (Å²) in [7, 11) is 0. The number of rotatable bonds is 4. The lowest BCUT2D eigenvalue weighted by atomic mass is 10.2. The van der Waals surface area contributed by atoms with E-state index in [0.717, 1.165) is 37.7 Å². The van der Waals surface area contributed by atoms with Gasteiger partial charge in [-0.2, -0.15) is 0 Å². The molecule has 2 fully saturated rings. The lowest BCUT2D eigenvalue weighted by Gasteiger charge is -2.29. The van der Waals surface area contributed by atoms with Crippen molar-refractivity contribution in [3.05, 3.63) is 24.3 Å². The van der Waals surface area contributed by atoms with Crippen molar-refractivity contribution in [3.8, 4) is 0 Å². The first-order valence-electron chi connectivity index (χ1n) is 7.79. The third kappa shape index (κ3) is 3.73. The fourth-order valence-corrected chi connectivity index (χ4v) is 2.76. The highest BCUT2D eigenvalue weighted by Crippen LogP contribution is 2.25. The van der Waals surface area contributed by atoms with Crippen LogP contribution in [0.2, 0.25) is 0 Å². The van der Waals surface area contributed by atoms with E-state index in [0.29, 0.717) is 13.1 Å². The Morgan fingerprint density at radius 1 is 1.22 bits per heavy atom. The van der Waals surface area contributed by atoms with Crippen LogP contribution in [0, 0.1) is 0 Å². The Morgan fingerprint density at radius 3 is 2.52 bits per heavy atom. The third-order valence-corrected chi connectivity index (χ3v) is 3.99. The fraction of sp³-hybridized carbons (Fsp3) is 0.500. The zero-order chi connectivity index (χ0) is 16.2. The average molecular weight is 319 g/mol. The van der Waals surface area contributed by atoms with Crippen LogP contribution >= 0.6 is 0 Å². The van der Waals surface area contributed by atoms with Crippen molar-refractivity contribution in [2.45, 2.75) is 13.0 Å². The first-order valence-corrected chi connectivity index (χ1v) is 7.79. The second-order valence-electron chi connectivity index (χ2n) is 5.67. The van der Waals surface area contributed by atoms with E-state index in [-0.39, 0.29) is 18.1 Å². The van der Waals surface area contributed by atoms with E-state index in [4.69, 9.17) is 9.47 Å². The molecule has 124 valence electrons. The summed E-state index contributed by atoms with van der Waals surface area (Å²) in [5.41, 5.74) is 1.93. The van der Waals surface area contributed by atoms with Crippen molar-refractivity contribution in [2.75, 3.05) is 49.2 Å². The molecule has 0 bridgehead atoms. The molecule has 7 nitrogen and oxygen atoms in total. The minimum atomic E-state index is -0.375. The van der Waals surface area contributed by atoms with Gasteiger partial charge in [-0.3, -0.25) is 9.69 Å². The Hall–Kier alpha value is -2.28. The van der Waals surface area contributed by atoms with Gasteiger partial charge in [0.2, 0.25) is 5.91 Å². The van der Waals surface area contributed by atoms with Crippen molar-refractivity contribution in [1.82, 2.24) is 5.32 Å². The molecule has 2 amide bonds. The molecule has 0 spiro atoms. The molecule has 0 radical (unpaired) electrons. The Labute approximate surface area is 135 Å². The minimum Gasteiger partial charge on any atom is -0.442 e. The lowest BCUT2D eigenvalue weighted by molar-refractivity contribution is -0.119. The van der Waals surface area contributed by atoms with E-state index < -0.39 is 0 Å². The highest BCUT2D eigenvalue weighted by Gasteiger charge is 2.32. The number of hydrogen-bond acceptors (Lipinski definition) is 5. The number of benzene rings is 1. The van der Waals surface area contributed by atoms with Gasteiger partial charge in [-0.25, -0.2) is 4.79 Å². The summed E-state index contributed by atoms with van der Waals surface area (Å²) in [6.07, 6.45) is -0.690. The van der Waals surface area contributed by atoms with Crippen LogP contribution < -0.4 is 15.1 Å². The highest BCUT2D eigenvalue weighted by molar-refractivity contribution is 5.90. The van der Waals surface area contributed by atoms with Crippen LogP contribution in [-0.4, -0.2) is 57.5 Å². The molecular formula is C16H21N3O4. The molecule has 2 heterocycles. The number of morpholine rings is 1. The minimum absolute atomic E-state index is 0.130. The number of ether oxygens (including phenoxy) is 2. The Morgan fingerprint density at radius 2 is 1.87 bits per heavy atom. The van der Waals surface area contributed by atoms with Gasteiger partial charge >= 0.3 is 6.09 Å². The summed E-state index contributed by atoms with van der Waals surface area (Å²) in [4.78, 5) is 26.8. The smallest absolute Gasteiger partial charge is 0.414 e. The van der Waals surface area contributed by atoms with Crippen molar-refractivity contribution in [3.63, 3.8) is 0 Å². The standard InChI is InChI=1S/C16H21N3O4/c1-12(20)17-10-15-11-19(16(21)23-15)14-4-2-13(3-5-14)18-6-8-22-9-7-18/h2-5,15H,6-11H2,1H3,(H,17,20). The quantitative estimate of drug-likeness (QED) is 0.896. The van der Waals surface area contributed by atoms with Crippen molar-refractivity contribution in [2.24, 2.45) is 0 Å². The highest BCUT2D eigenvalue weighted by atomic mass is 16.6. The molecule has 2 saturated heterocycles. The number of hydrogen-bond donors (Lipinski definition) is 1. The molecule has 1 aromatic rings. The number of amides is 2. The van der Waals surface area contributed by atoms with Crippen LogP contribution in [0.15, 0.2) is 24.3 Å². The molecule has 0 aromatic heterocycles. The van der Waals surface area contributed by atoms with E-state index in [1.807, 2.05) is 24.3 Å². The SMILES string of the molecule is CC(=O)NCC1CN(c2ccc(N3CCOCC3)cc2)C(=O)O1. The second-order valence-corrected chi connectivity index (χ2v) is 5.67. The zero-order valence-electron chi connectivity index (χ0n) is 13.2. The molecule has 1 aromatic carbocycles. The summed E-state index contributed by atoms with van der Waals surface area (Å²) >= 11 is 0. The predicted octanol–water partition coefficient (Wildman–Crippen LogP) is 0.984. The number of carbonyl (C=O) groups is 2. The largest absolute Gasteiger partial charge is 0.442 e. The van der Waals surface area contributed by atoms with Crippen LogP contribution in [0.1, 0.15) is 6.92 Å². The van der Waals surface area contributed by atoms with Crippen molar-refractivity contribution < 1.29 is 19.1 Å². The second kappa shape index (κ2) is 6.87. The Balaban J connectivity index is 1.62. The lowest BCUT2D eigenvalue weighted by Crippen LogP contribution is -2.36.